The Labute approximate surface area is 159 Å². The van der Waals surface area contributed by atoms with E-state index in [4.69, 9.17) is 4.43 Å². The fraction of sp³-hybridized carbons (Fsp3) is 0.478. The molecule has 0 heterocycles. The van der Waals surface area contributed by atoms with E-state index in [0.717, 1.165) is 12.8 Å². The molecule has 2 nitrogen and oxygen atoms in total. The number of aliphatic hydroxyl groups is 1. The van der Waals surface area contributed by atoms with E-state index in [1.165, 1.54) is 10.4 Å². The van der Waals surface area contributed by atoms with E-state index in [9.17, 15) is 5.11 Å². The Morgan fingerprint density at radius 2 is 1.46 bits per heavy atom. The number of rotatable bonds is 7. The molecule has 0 radical (unpaired) electrons. The molecule has 2 aromatic rings. The molecular formula is C23H32O2Si. The van der Waals surface area contributed by atoms with Crippen LogP contribution in [0.15, 0.2) is 60.7 Å². The second-order valence-electron chi connectivity index (χ2n) is 8.77. The van der Waals surface area contributed by atoms with Crippen molar-refractivity contribution in [3.63, 3.8) is 0 Å². The molecule has 0 saturated heterocycles. The van der Waals surface area contributed by atoms with Crippen LogP contribution in [0.5, 0.6) is 0 Å². The van der Waals surface area contributed by atoms with Gasteiger partial charge in [0.2, 0.25) is 0 Å². The Hall–Kier alpha value is -1.42. The van der Waals surface area contributed by atoms with Crippen molar-refractivity contribution in [3.05, 3.63) is 60.7 Å². The third-order valence-electron chi connectivity index (χ3n) is 5.73. The molecule has 140 valence electrons. The van der Waals surface area contributed by atoms with Gasteiger partial charge in [-0.25, -0.2) is 0 Å². The first-order valence-corrected chi connectivity index (χ1v) is 11.7. The predicted molar refractivity (Wildman–Crippen MR) is 111 cm³/mol. The van der Waals surface area contributed by atoms with Gasteiger partial charge in [-0.05, 0) is 47.0 Å². The van der Waals surface area contributed by atoms with Crippen molar-refractivity contribution in [2.75, 3.05) is 6.61 Å². The lowest BCUT2D eigenvalue weighted by molar-refractivity contribution is 0.182. The van der Waals surface area contributed by atoms with Crippen molar-refractivity contribution < 1.29 is 9.53 Å². The van der Waals surface area contributed by atoms with Crippen LogP contribution in [-0.2, 0) is 4.43 Å². The Morgan fingerprint density at radius 3 is 1.85 bits per heavy atom. The molecule has 3 atom stereocenters. The fourth-order valence-corrected chi connectivity index (χ4v) is 9.00. The van der Waals surface area contributed by atoms with E-state index in [1.54, 1.807) is 0 Å². The van der Waals surface area contributed by atoms with E-state index in [2.05, 4.69) is 88.4 Å². The van der Waals surface area contributed by atoms with Crippen LogP contribution in [-0.4, -0.2) is 26.1 Å². The lowest BCUT2D eigenvalue weighted by Crippen LogP contribution is -2.67. The summed E-state index contributed by atoms with van der Waals surface area (Å²) in [4.78, 5) is 0. The van der Waals surface area contributed by atoms with Crippen LogP contribution in [0, 0.1) is 11.8 Å². The van der Waals surface area contributed by atoms with Crippen molar-refractivity contribution in [3.8, 4) is 0 Å². The van der Waals surface area contributed by atoms with Crippen molar-refractivity contribution in [2.45, 2.75) is 51.7 Å². The van der Waals surface area contributed by atoms with Crippen molar-refractivity contribution in [1.82, 2.24) is 0 Å². The van der Waals surface area contributed by atoms with Crippen molar-refractivity contribution >= 4 is 18.7 Å². The van der Waals surface area contributed by atoms with Crippen LogP contribution in [0.3, 0.4) is 0 Å². The third kappa shape index (κ3) is 3.80. The zero-order valence-corrected chi connectivity index (χ0v) is 17.5. The minimum atomic E-state index is -2.45. The van der Waals surface area contributed by atoms with E-state index in [-0.39, 0.29) is 11.1 Å². The molecule has 0 unspecified atom stereocenters. The van der Waals surface area contributed by atoms with Gasteiger partial charge in [-0.2, -0.15) is 0 Å². The van der Waals surface area contributed by atoms with Gasteiger partial charge in [0, 0.05) is 12.7 Å². The SMILES string of the molecule is C[C@@H](C[C@H]1C[C@@H]1CO)O[Si](c1ccccc1)(c1ccccc1)C(C)(C)C. The highest BCUT2D eigenvalue weighted by Gasteiger charge is 2.51. The summed E-state index contributed by atoms with van der Waals surface area (Å²) in [6.45, 7) is 9.49. The number of benzene rings is 2. The molecule has 1 saturated carbocycles. The summed E-state index contributed by atoms with van der Waals surface area (Å²) in [5.41, 5.74) is 0. The highest BCUT2D eigenvalue weighted by molar-refractivity contribution is 6.99. The molecule has 0 amide bonds. The van der Waals surface area contributed by atoms with Gasteiger partial charge in [-0.1, -0.05) is 81.4 Å². The van der Waals surface area contributed by atoms with Gasteiger partial charge >= 0.3 is 0 Å². The minimum Gasteiger partial charge on any atom is -0.405 e. The largest absolute Gasteiger partial charge is 0.405 e. The van der Waals surface area contributed by atoms with E-state index in [1.807, 2.05) is 0 Å². The van der Waals surface area contributed by atoms with E-state index < -0.39 is 8.32 Å². The Balaban J connectivity index is 2.00. The highest BCUT2D eigenvalue weighted by atomic mass is 28.4. The summed E-state index contributed by atoms with van der Waals surface area (Å²) in [5, 5.41) is 12.1. The highest BCUT2D eigenvalue weighted by Crippen LogP contribution is 2.43. The molecule has 1 N–H and O–H groups in total. The fourth-order valence-electron chi connectivity index (χ4n) is 4.29. The topological polar surface area (TPSA) is 29.5 Å². The average molecular weight is 369 g/mol. The zero-order chi connectivity index (χ0) is 18.8. The first kappa shape index (κ1) is 19.3. The second kappa shape index (κ2) is 7.67. The van der Waals surface area contributed by atoms with Gasteiger partial charge < -0.3 is 9.53 Å². The van der Waals surface area contributed by atoms with E-state index >= 15 is 0 Å². The maximum atomic E-state index is 9.38. The molecule has 0 bridgehead atoms. The monoisotopic (exact) mass is 368 g/mol. The molecule has 1 aliphatic carbocycles. The summed E-state index contributed by atoms with van der Waals surface area (Å²) in [6.07, 6.45) is 2.36. The van der Waals surface area contributed by atoms with Crippen LogP contribution in [0.2, 0.25) is 5.04 Å². The molecule has 1 fully saturated rings. The van der Waals surface area contributed by atoms with Crippen LogP contribution < -0.4 is 10.4 Å². The van der Waals surface area contributed by atoms with Crippen LogP contribution >= 0.6 is 0 Å². The molecule has 26 heavy (non-hydrogen) atoms. The van der Waals surface area contributed by atoms with Gasteiger partial charge in [0.1, 0.15) is 0 Å². The van der Waals surface area contributed by atoms with Crippen LogP contribution in [0.25, 0.3) is 0 Å². The molecule has 2 aromatic carbocycles. The Morgan fingerprint density at radius 1 is 0.962 bits per heavy atom. The maximum Gasteiger partial charge on any atom is 0.261 e. The first-order valence-electron chi connectivity index (χ1n) is 9.78. The predicted octanol–water partition coefficient (Wildman–Crippen LogP) is 3.97. The molecule has 3 heteroatoms. The summed E-state index contributed by atoms with van der Waals surface area (Å²) in [6, 6.07) is 21.6. The number of aliphatic hydroxyl groups excluding tert-OH is 1. The van der Waals surface area contributed by atoms with E-state index in [0.29, 0.717) is 18.4 Å². The zero-order valence-electron chi connectivity index (χ0n) is 16.5. The van der Waals surface area contributed by atoms with Gasteiger partial charge in [0.15, 0.2) is 0 Å². The number of hydrogen-bond acceptors (Lipinski definition) is 2. The summed E-state index contributed by atoms with van der Waals surface area (Å²) < 4.78 is 7.08. The smallest absolute Gasteiger partial charge is 0.261 e. The Bertz CT molecular complexity index is 654. The molecule has 0 aliphatic heterocycles. The Kier molecular flexibility index (Phi) is 5.71. The quantitative estimate of drug-likeness (QED) is 0.749. The summed E-state index contributed by atoms with van der Waals surface area (Å²) in [7, 11) is -2.45. The standard InChI is InChI=1S/C23H32O2Si/c1-18(15-19-16-20(19)17-24)25-26(23(2,3)4,21-11-7-5-8-12-21)22-13-9-6-10-14-22/h5-14,18-20,24H,15-17H2,1-4H3/t18-,19-,20+/m0/s1. The molecule has 1 aliphatic rings. The van der Waals surface area contributed by atoms with Gasteiger partial charge in [-0.15, -0.1) is 0 Å². The summed E-state index contributed by atoms with van der Waals surface area (Å²) in [5.74, 6) is 1.11. The molecule has 0 aromatic heterocycles. The third-order valence-corrected chi connectivity index (χ3v) is 10.9. The average Bonchev–Trinajstić information content (AvgIpc) is 3.38. The number of hydrogen-bond donors (Lipinski definition) is 1. The molecule has 0 spiro atoms. The van der Waals surface area contributed by atoms with Crippen molar-refractivity contribution in [2.24, 2.45) is 11.8 Å². The minimum absolute atomic E-state index is 0.0178. The van der Waals surface area contributed by atoms with Crippen LogP contribution in [0.4, 0.5) is 0 Å². The second-order valence-corrected chi connectivity index (χ2v) is 13.0. The van der Waals surface area contributed by atoms with Gasteiger partial charge in [0.05, 0.1) is 0 Å². The van der Waals surface area contributed by atoms with Crippen molar-refractivity contribution in [1.29, 1.82) is 0 Å². The lowest BCUT2D eigenvalue weighted by atomic mass is 10.2. The molecular weight excluding hydrogens is 336 g/mol. The normalized spacial score (nSPS) is 21.4. The van der Waals surface area contributed by atoms with Gasteiger partial charge in [-0.3, -0.25) is 0 Å². The summed E-state index contributed by atoms with van der Waals surface area (Å²) >= 11 is 0. The maximum absolute atomic E-state index is 9.38. The van der Waals surface area contributed by atoms with Gasteiger partial charge in [0.25, 0.3) is 8.32 Å². The molecule has 3 rings (SSSR count). The first-order chi connectivity index (χ1) is 12.4. The lowest BCUT2D eigenvalue weighted by Gasteiger charge is -2.44. The van der Waals surface area contributed by atoms with Crippen LogP contribution in [0.1, 0.15) is 40.5 Å².